The van der Waals surface area contributed by atoms with Crippen LogP contribution in [0.1, 0.15) is 23.2 Å². The Labute approximate surface area is 147 Å². The average Bonchev–Trinajstić information content (AvgIpc) is 2.35. The number of carbonyl (C=O) groups is 1. The summed E-state index contributed by atoms with van der Waals surface area (Å²) in [6.45, 7) is 1.86. The van der Waals surface area contributed by atoms with E-state index in [9.17, 15) is 4.79 Å². The van der Waals surface area contributed by atoms with Crippen molar-refractivity contribution in [3.05, 3.63) is 28.4 Å². The minimum Gasteiger partial charge on any atom is -0.459 e. The molecule has 3 nitrogen and oxygen atoms in total. The summed E-state index contributed by atoms with van der Waals surface area (Å²) in [5.41, 5.74) is 0.686. The molecule has 0 aliphatic carbocycles. The fourth-order valence-corrected chi connectivity index (χ4v) is 4.21. The Morgan fingerprint density at radius 2 is 1.89 bits per heavy atom. The fraction of sp³-hybridized carbons (Fsp3) is 0.417. The summed E-state index contributed by atoms with van der Waals surface area (Å²) in [7, 11) is 0. The standard InChI is InChI=1S/C12H12I3NO2/c13-7-5-9(11(15)10(14)6-7)12(17)18-8-1-3-16-4-2-8/h5-6,8,16H,1-4H2. The van der Waals surface area contributed by atoms with Gasteiger partial charge < -0.3 is 10.1 Å². The zero-order valence-corrected chi connectivity index (χ0v) is 16.0. The molecule has 1 aromatic rings. The van der Waals surface area contributed by atoms with Crippen LogP contribution in [-0.2, 0) is 4.74 Å². The molecule has 18 heavy (non-hydrogen) atoms. The smallest absolute Gasteiger partial charge is 0.339 e. The third-order valence-corrected chi connectivity index (χ3v) is 6.44. The molecule has 0 saturated carbocycles. The van der Waals surface area contributed by atoms with Crippen LogP contribution in [0, 0.1) is 10.7 Å². The SMILES string of the molecule is O=C(OC1CCNCC1)c1cc(I)cc(I)c1I. The first kappa shape index (κ1) is 15.2. The van der Waals surface area contributed by atoms with Crippen LogP contribution in [0.3, 0.4) is 0 Å². The molecular weight excluding hydrogens is 571 g/mol. The van der Waals surface area contributed by atoms with Crippen LogP contribution in [-0.4, -0.2) is 25.2 Å². The molecule has 0 amide bonds. The predicted octanol–water partition coefficient (Wildman–Crippen LogP) is 3.41. The number of rotatable bonds is 2. The molecular formula is C12H12I3NO2. The van der Waals surface area contributed by atoms with Gasteiger partial charge in [-0.1, -0.05) is 0 Å². The Morgan fingerprint density at radius 3 is 2.56 bits per heavy atom. The highest BCUT2D eigenvalue weighted by molar-refractivity contribution is 14.1. The third-order valence-electron chi connectivity index (χ3n) is 2.77. The molecule has 0 atom stereocenters. The van der Waals surface area contributed by atoms with Gasteiger partial charge in [0.15, 0.2) is 0 Å². The van der Waals surface area contributed by atoms with Crippen LogP contribution in [0.25, 0.3) is 0 Å². The van der Waals surface area contributed by atoms with Gasteiger partial charge in [0.25, 0.3) is 0 Å². The highest BCUT2D eigenvalue weighted by atomic mass is 127. The lowest BCUT2D eigenvalue weighted by Gasteiger charge is -2.23. The van der Waals surface area contributed by atoms with E-state index in [0.29, 0.717) is 5.56 Å². The first-order valence-corrected chi connectivity index (χ1v) is 8.88. The van der Waals surface area contributed by atoms with E-state index < -0.39 is 0 Å². The lowest BCUT2D eigenvalue weighted by molar-refractivity contribution is 0.0228. The molecule has 2 rings (SSSR count). The Hall–Kier alpha value is 0.840. The summed E-state index contributed by atoms with van der Waals surface area (Å²) in [5, 5.41) is 3.26. The van der Waals surface area contributed by atoms with Crippen LogP contribution >= 0.6 is 67.8 Å². The molecule has 1 saturated heterocycles. The van der Waals surface area contributed by atoms with Crippen molar-refractivity contribution in [2.24, 2.45) is 0 Å². The summed E-state index contributed by atoms with van der Waals surface area (Å²) in [4.78, 5) is 12.2. The quantitative estimate of drug-likeness (QED) is 0.330. The Morgan fingerprint density at radius 1 is 1.22 bits per heavy atom. The number of carbonyl (C=O) groups excluding carboxylic acids is 1. The van der Waals surface area contributed by atoms with Crippen molar-refractivity contribution < 1.29 is 9.53 Å². The van der Waals surface area contributed by atoms with Crippen molar-refractivity contribution >= 4 is 73.7 Å². The van der Waals surface area contributed by atoms with E-state index in [1.807, 2.05) is 6.07 Å². The number of benzene rings is 1. The van der Waals surface area contributed by atoms with Gasteiger partial charge >= 0.3 is 5.97 Å². The minimum absolute atomic E-state index is 0.0603. The molecule has 1 fully saturated rings. The monoisotopic (exact) mass is 583 g/mol. The molecule has 0 aromatic heterocycles. The summed E-state index contributed by atoms with van der Waals surface area (Å²) >= 11 is 6.68. The van der Waals surface area contributed by atoms with Crippen molar-refractivity contribution in [1.29, 1.82) is 0 Å². The molecule has 0 radical (unpaired) electrons. The van der Waals surface area contributed by atoms with E-state index in [4.69, 9.17) is 4.74 Å². The molecule has 1 aromatic carbocycles. The van der Waals surface area contributed by atoms with Crippen molar-refractivity contribution in [2.45, 2.75) is 18.9 Å². The van der Waals surface area contributed by atoms with Gasteiger partial charge in [0.1, 0.15) is 6.10 Å². The van der Waals surface area contributed by atoms with Crippen molar-refractivity contribution in [3.63, 3.8) is 0 Å². The number of piperidine rings is 1. The van der Waals surface area contributed by atoms with Crippen molar-refractivity contribution in [3.8, 4) is 0 Å². The molecule has 1 aliphatic heterocycles. The first-order valence-electron chi connectivity index (χ1n) is 5.64. The Bertz CT molecular complexity index is 459. The molecule has 6 heteroatoms. The van der Waals surface area contributed by atoms with E-state index in [-0.39, 0.29) is 12.1 Å². The number of ether oxygens (including phenoxy) is 1. The van der Waals surface area contributed by atoms with E-state index in [1.54, 1.807) is 0 Å². The maximum atomic E-state index is 12.2. The van der Waals surface area contributed by atoms with E-state index >= 15 is 0 Å². The third kappa shape index (κ3) is 3.92. The molecule has 0 unspecified atom stereocenters. The largest absolute Gasteiger partial charge is 0.459 e. The highest BCUT2D eigenvalue weighted by Gasteiger charge is 2.21. The zero-order valence-electron chi connectivity index (χ0n) is 9.51. The van der Waals surface area contributed by atoms with Gasteiger partial charge in [0.2, 0.25) is 0 Å². The van der Waals surface area contributed by atoms with Gasteiger partial charge in [0.05, 0.1) is 5.56 Å². The number of halogens is 3. The minimum atomic E-state index is -0.192. The van der Waals surface area contributed by atoms with Crippen LogP contribution in [0.5, 0.6) is 0 Å². The van der Waals surface area contributed by atoms with Crippen LogP contribution in [0.15, 0.2) is 12.1 Å². The second-order valence-electron chi connectivity index (χ2n) is 4.10. The van der Waals surface area contributed by atoms with Crippen LogP contribution in [0.4, 0.5) is 0 Å². The van der Waals surface area contributed by atoms with Gasteiger partial charge in [-0.25, -0.2) is 4.79 Å². The Balaban J connectivity index is 2.13. The van der Waals surface area contributed by atoms with Crippen molar-refractivity contribution in [1.82, 2.24) is 5.32 Å². The molecule has 0 bridgehead atoms. The summed E-state index contributed by atoms with van der Waals surface area (Å²) < 4.78 is 8.72. The molecule has 1 heterocycles. The van der Waals surface area contributed by atoms with E-state index in [0.717, 1.165) is 36.6 Å². The highest BCUT2D eigenvalue weighted by Crippen LogP contribution is 2.24. The summed E-state index contributed by atoms with van der Waals surface area (Å²) in [6.07, 6.45) is 1.87. The van der Waals surface area contributed by atoms with E-state index in [1.165, 1.54) is 0 Å². The van der Waals surface area contributed by atoms with Crippen molar-refractivity contribution in [2.75, 3.05) is 13.1 Å². The number of hydrogen-bond donors (Lipinski definition) is 1. The average molecular weight is 583 g/mol. The number of hydrogen-bond acceptors (Lipinski definition) is 3. The summed E-state index contributed by atoms with van der Waals surface area (Å²) in [6, 6.07) is 3.96. The van der Waals surface area contributed by atoms with Gasteiger partial charge in [-0.3, -0.25) is 0 Å². The van der Waals surface area contributed by atoms with Gasteiger partial charge in [0, 0.05) is 10.7 Å². The molecule has 1 N–H and O–H groups in total. The van der Waals surface area contributed by atoms with E-state index in [2.05, 4.69) is 79.2 Å². The normalized spacial score (nSPS) is 16.6. The second-order valence-corrected chi connectivity index (χ2v) is 7.59. The van der Waals surface area contributed by atoms with Gasteiger partial charge in [-0.15, -0.1) is 0 Å². The second kappa shape index (κ2) is 7.02. The van der Waals surface area contributed by atoms with Gasteiger partial charge in [-0.05, 0) is 106 Å². The topological polar surface area (TPSA) is 38.3 Å². The molecule has 98 valence electrons. The maximum Gasteiger partial charge on any atom is 0.339 e. The lowest BCUT2D eigenvalue weighted by Crippen LogP contribution is -2.34. The predicted molar refractivity (Wildman–Crippen MR) is 95.9 cm³/mol. The maximum absolute atomic E-state index is 12.2. The fourth-order valence-electron chi connectivity index (χ4n) is 1.83. The first-order chi connectivity index (χ1) is 8.58. The summed E-state index contributed by atoms with van der Waals surface area (Å²) in [5.74, 6) is -0.192. The number of nitrogens with one attached hydrogen (secondary N) is 1. The molecule has 1 aliphatic rings. The lowest BCUT2D eigenvalue weighted by atomic mass is 10.1. The number of esters is 1. The molecule has 0 spiro atoms. The Kier molecular flexibility index (Phi) is 5.94. The van der Waals surface area contributed by atoms with Gasteiger partial charge in [-0.2, -0.15) is 0 Å². The van der Waals surface area contributed by atoms with Crippen LogP contribution < -0.4 is 5.32 Å². The van der Waals surface area contributed by atoms with Crippen LogP contribution in [0.2, 0.25) is 0 Å². The zero-order chi connectivity index (χ0) is 13.1.